The van der Waals surface area contributed by atoms with Crippen molar-refractivity contribution in [2.45, 2.75) is 12.8 Å². The van der Waals surface area contributed by atoms with Crippen molar-refractivity contribution >= 4 is 5.71 Å². The van der Waals surface area contributed by atoms with Crippen LogP contribution in [0.15, 0.2) is 11.6 Å². The standard InChI is InChI=1S/C18H22N6/c1-23-7-4-17(5-8-23)15-10-24(2)6-3-13(15)14(9-19)16(22)18(17,11-20)12-21/h3,14-15,22H,4-8,10H2,1-2H3. The molecule has 2 aliphatic heterocycles. The molecule has 0 bridgehead atoms. The number of nitriles is 3. The Hall–Kier alpha value is -2.20. The third-order valence-corrected chi connectivity index (χ3v) is 6.32. The van der Waals surface area contributed by atoms with Crippen LogP contribution in [0.5, 0.6) is 0 Å². The van der Waals surface area contributed by atoms with Gasteiger partial charge in [0.1, 0.15) is 5.92 Å². The highest BCUT2D eigenvalue weighted by Gasteiger charge is 2.66. The first-order chi connectivity index (χ1) is 11.5. The molecule has 3 rings (SSSR count). The predicted octanol–water partition coefficient (Wildman–Crippen LogP) is 1.39. The lowest BCUT2D eigenvalue weighted by Crippen LogP contribution is -2.63. The smallest absolute Gasteiger partial charge is 0.188 e. The molecule has 1 saturated heterocycles. The second kappa shape index (κ2) is 5.71. The van der Waals surface area contributed by atoms with Gasteiger partial charge in [-0.3, -0.25) is 0 Å². The van der Waals surface area contributed by atoms with Crippen LogP contribution in [-0.4, -0.2) is 55.8 Å². The average Bonchev–Trinajstić information content (AvgIpc) is 2.59. The zero-order chi connectivity index (χ0) is 17.5. The maximum absolute atomic E-state index is 10.00. The highest BCUT2D eigenvalue weighted by Crippen LogP contribution is 2.60. The van der Waals surface area contributed by atoms with Crippen LogP contribution >= 0.6 is 0 Å². The minimum absolute atomic E-state index is 0.00777. The van der Waals surface area contributed by atoms with Crippen molar-refractivity contribution in [1.82, 2.24) is 9.80 Å². The van der Waals surface area contributed by atoms with Crippen molar-refractivity contribution < 1.29 is 0 Å². The van der Waals surface area contributed by atoms with Gasteiger partial charge in [-0.15, -0.1) is 0 Å². The summed E-state index contributed by atoms with van der Waals surface area (Å²) in [5.74, 6) is -0.753. The van der Waals surface area contributed by atoms with E-state index in [1.165, 1.54) is 0 Å². The van der Waals surface area contributed by atoms with Crippen LogP contribution in [0.25, 0.3) is 0 Å². The summed E-state index contributed by atoms with van der Waals surface area (Å²) >= 11 is 0. The highest BCUT2D eigenvalue weighted by molar-refractivity contribution is 6.00. The fourth-order valence-electron chi connectivity index (χ4n) is 4.87. The average molecular weight is 322 g/mol. The summed E-state index contributed by atoms with van der Waals surface area (Å²) in [7, 11) is 4.07. The molecule has 2 heterocycles. The van der Waals surface area contributed by atoms with Gasteiger partial charge < -0.3 is 15.2 Å². The number of hydrogen-bond acceptors (Lipinski definition) is 6. The highest BCUT2D eigenvalue weighted by atomic mass is 15.1. The largest absolute Gasteiger partial charge is 0.306 e. The molecule has 24 heavy (non-hydrogen) atoms. The van der Waals surface area contributed by atoms with Crippen LogP contribution in [0.1, 0.15) is 12.8 Å². The molecule has 1 saturated carbocycles. The maximum atomic E-state index is 10.00. The monoisotopic (exact) mass is 322 g/mol. The minimum atomic E-state index is -1.51. The molecule has 0 aromatic carbocycles. The number of rotatable bonds is 0. The minimum Gasteiger partial charge on any atom is -0.306 e. The molecule has 6 nitrogen and oxygen atoms in total. The molecule has 3 aliphatic rings. The van der Waals surface area contributed by atoms with Crippen LogP contribution < -0.4 is 0 Å². The van der Waals surface area contributed by atoms with E-state index in [4.69, 9.17) is 5.41 Å². The number of hydrogen-bond donors (Lipinski definition) is 1. The summed E-state index contributed by atoms with van der Waals surface area (Å²) in [5.41, 5.74) is -1.12. The molecule has 6 heteroatoms. The first-order valence-electron chi connectivity index (χ1n) is 8.34. The third-order valence-electron chi connectivity index (χ3n) is 6.32. The molecule has 1 aliphatic carbocycles. The molecule has 0 aromatic rings. The van der Waals surface area contributed by atoms with E-state index in [0.29, 0.717) is 12.8 Å². The van der Waals surface area contributed by atoms with Crippen molar-refractivity contribution in [1.29, 1.82) is 21.2 Å². The number of fused-ring (bicyclic) bond motifs is 2. The molecule has 2 fully saturated rings. The maximum Gasteiger partial charge on any atom is 0.188 e. The van der Waals surface area contributed by atoms with Crippen LogP contribution in [0, 0.1) is 62.1 Å². The molecule has 124 valence electrons. The Morgan fingerprint density at radius 2 is 1.75 bits per heavy atom. The van der Waals surface area contributed by atoms with Gasteiger partial charge in [-0.2, -0.15) is 15.8 Å². The normalized spacial score (nSPS) is 32.1. The van der Waals surface area contributed by atoms with Crippen LogP contribution in [0.4, 0.5) is 0 Å². The van der Waals surface area contributed by atoms with E-state index in [1.54, 1.807) is 0 Å². The van der Waals surface area contributed by atoms with Gasteiger partial charge in [-0.1, -0.05) is 6.08 Å². The van der Waals surface area contributed by atoms with Gasteiger partial charge >= 0.3 is 0 Å². The first kappa shape index (κ1) is 16.7. The van der Waals surface area contributed by atoms with E-state index in [0.717, 1.165) is 31.8 Å². The molecule has 2 atom stereocenters. The Kier molecular flexibility index (Phi) is 3.96. The van der Waals surface area contributed by atoms with E-state index in [-0.39, 0.29) is 11.6 Å². The van der Waals surface area contributed by atoms with E-state index >= 15 is 0 Å². The lowest BCUT2D eigenvalue weighted by Gasteiger charge is -2.58. The quantitative estimate of drug-likeness (QED) is 0.679. The van der Waals surface area contributed by atoms with Gasteiger partial charge in [0.15, 0.2) is 5.41 Å². The molecular formula is C18H22N6. The van der Waals surface area contributed by atoms with Crippen LogP contribution in [0.2, 0.25) is 0 Å². The van der Waals surface area contributed by atoms with Crippen LogP contribution in [0.3, 0.4) is 0 Å². The van der Waals surface area contributed by atoms with Crippen molar-refractivity contribution in [2.75, 3.05) is 40.3 Å². The summed E-state index contributed by atoms with van der Waals surface area (Å²) in [4.78, 5) is 4.39. The van der Waals surface area contributed by atoms with Crippen LogP contribution in [-0.2, 0) is 0 Å². The van der Waals surface area contributed by atoms with E-state index < -0.39 is 16.7 Å². The van der Waals surface area contributed by atoms with Gasteiger partial charge in [0.2, 0.25) is 0 Å². The topological polar surface area (TPSA) is 102 Å². The Morgan fingerprint density at radius 1 is 1.12 bits per heavy atom. The Labute approximate surface area is 143 Å². The predicted molar refractivity (Wildman–Crippen MR) is 88.7 cm³/mol. The van der Waals surface area contributed by atoms with E-state index in [2.05, 4.69) is 34.1 Å². The lowest BCUT2D eigenvalue weighted by atomic mass is 9.45. The molecular weight excluding hydrogens is 300 g/mol. The van der Waals surface area contributed by atoms with Crippen molar-refractivity contribution in [3.8, 4) is 18.2 Å². The second-order valence-corrected chi connectivity index (χ2v) is 7.39. The van der Waals surface area contributed by atoms with E-state index in [1.807, 2.05) is 14.1 Å². The zero-order valence-corrected chi connectivity index (χ0v) is 14.2. The summed E-state index contributed by atoms with van der Waals surface area (Å²) in [6.45, 7) is 3.11. The Morgan fingerprint density at radius 3 is 2.29 bits per heavy atom. The van der Waals surface area contributed by atoms with Crippen molar-refractivity contribution in [3.05, 3.63) is 11.6 Å². The van der Waals surface area contributed by atoms with E-state index in [9.17, 15) is 15.8 Å². The number of nitrogens with one attached hydrogen (secondary N) is 1. The lowest BCUT2D eigenvalue weighted by molar-refractivity contribution is 0.00405. The molecule has 0 radical (unpaired) electrons. The third kappa shape index (κ3) is 1.96. The molecule has 1 N–H and O–H groups in total. The van der Waals surface area contributed by atoms with Crippen molar-refractivity contribution in [2.24, 2.45) is 22.7 Å². The second-order valence-electron chi connectivity index (χ2n) is 7.39. The number of likely N-dealkylation sites (N-methyl/N-ethyl adjacent to an activating group) is 1. The number of likely N-dealkylation sites (tertiary alicyclic amines) is 1. The van der Waals surface area contributed by atoms with Gasteiger partial charge in [0.25, 0.3) is 0 Å². The molecule has 1 spiro atoms. The number of nitrogens with zero attached hydrogens (tertiary/aromatic N) is 5. The molecule has 0 amide bonds. The zero-order valence-electron chi connectivity index (χ0n) is 14.2. The van der Waals surface area contributed by atoms with Crippen molar-refractivity contribution in [3.63, 3.8) is 0 Å². The summed E-state index contributed by atoms with van der Waals surface area (Å²) in [5, 5.41) is 38.2. The summed E-state index contributed by atoms with van der Waals surface area (Å²) in [6, 6.07) is 6.60. The fraction of sp³-hybridized carbons (Fsp3) is 0.667. The van der Waals surface area contributed by atoms with Gasteiger partial charge in [-0.25, -0.2) is 0 Å². The summed E-state index contributed by atoms with van der Waals surface area (Å²) in [6.07, 6.45) is 3.47. The Bertz CT molecular complexity index is 693. The number of piperidine rings is 1. The molecule has 2 unspecified atom stereocenters. The van der Waals surface area contributed by atoms with Gasteiger partial charge in [0, 0.05) is 24.4 Å². The van der Waals surface area contributed by atoms with Gasteiger partial charge in [-0.05, 0) is 45.6 Å². The molecule has 0 aromatic heterocycles. The summed E-state index contributed by atoms with van der Waals surface area (Å²) < 4.78 is 0. The Balaban J connectivity index is 2.23. The van der Waals surface area contributed by atoms with Gasteiger partial charge in [0.05, 0.1) is 23.9 Å². The SMILES string of the molecule is CN1CCC2(CC1)C1CN(C)CC=C1C(C#N)C(=N)C2(C#N)C#N. The first-order valence-corrected chi connectivity index (χ1v) is 8.34. The fourth-order valence-corrected chi connectivity index (χ4v) is 4.87.